The van der Waals surface area contributed by atoms with E-state index in [9.17, 15) is 18.0 Å². The third kappa shape index (κ3) is 4.25. The fourth-order valence-electron chi connectivity index (χ4n) is 8.03. The van der Waals surface area contributed by atoms with E-state index in [1.54, 1.807) is 35.9 Å². The van der Waals surface area contributed by atoms with Crippen LogP contribution in [0.3, 0.4) is 0 Å². The third-order valence-corrected chi connectivity index (χ3v) is 11.0. The summed E-state index contributed by atoms with van der Waals surface area (Å²) in [6.45, 7) is 6.89. The second-order valence-electron chi connectivity index (χ2n) is 12.9. The predicted molar refractivity (Wildman–Crippen MR) is 153 cm³/mol. The van der Waals surface area contributed by atoms with Gasteiger partial charge in [0.25, 0.3) is 5.91 Å². The molecular weight excluding hydrogens is 560 g/mol. The summed E-state index contributed by atoms with van der Waals surface area (Å²) >= 11 is 0. The van der Waals surface area contributed by atoms with Gasteiger partial charge in [-0.3, -0.25) is 9.69 Å². The van der Waals surface area contributed by atoms with E-state index in [-0.39, 0.29) is 29.0 Å². The molecule has 3 aromatic rings. The molecule has 0 radical (unpaired) electrons. The van der Waals surface area contributed by atoms with E-state index in [2.05, 4.69) is 34.3 Å². The zero-order chi connectivity index (χ0) is 30.3. The second-order valence-corrected chi connectivity index (χ2v) is 12.9. The number of carbonyl (C=O) groups is 1. The van der Waals surface area contributed by atoms with Crippen LogP contribution in [0.5, 0.6) is 0 Å². The summed E-state index contributed by atoms with van der Waals surface area (Å²) < 4.78 is 61.0. The van der Waals surface area contributed by atoms with Crippen LogP contribution in [0.4, 0.5) is 23.2 Å². The monoisotopic (exact) mass is 596 g/mol. The van der Waals surface area contributed by atoms with Gasteiger partial charge in [0.2, 0.25) is 0 Å². The topological polar surface area (TPSA) is 66.3 Å². The molecule has 3 atom stereocenters. The Balaban J connectivity index is 1.21. The van der Waals surface area contributed by atoms with Crippen molar-refractivity contribution in [3.8, 4) is 0 Å². The predicted octanol–water partition coefficient (Wildman–Crippen LogP) is 5.56. The lowest BCUT2D eigenvalue weighted by atomic mass is 9.61. The maximum atomic E-state index is 16.0. The van der Waals surface area contributed by atoms with Crippen molar-refractivity contribution >= 4 is 11.6 Å². The van der Waals surface area contributed by atoms with E-state index < -0.39 is 29.2 Å². The Labute approximate surface area is 248 Å². The average Bonchev–Trinajstić information content (AvgIpc) is 3.27. The van der Waals surface area contributed by atoms with Crippen LogP contribution >= 0.6 is 0 Å². The quantitative estimate of drug-likeness (QED) is 0.378. The summed E-state index contributed by atoms with van der Waals surface area (Å²) in [7, 11) is 1.70. The molecule has 43 heavy (non-hydrogen) atoms. The van der Waals surface area contributed by atoms with Crippen LogP contribution < -0.4 is 10.2 Å². The summed E-state index contributed by atoms with van der Waals surface area (Å²) in [6.07, 6.45) is -2.49. The molecule has 3 unspecified atom stereocenters. The maximum Gasteiger partial charge on any atom is 0.416 e. The smallest absolute Gasteiger partial charge is 0.318 e. The number of anilines is 1. The molecule has 1 saturated heterocycles. The number of benzene rings is 2. The molecule has 11 heteroatoms. The lowest BCUT2D eigenvalue weighted by molar-refractivity contribution is -0.138. The fourth-order valence-corrected chi connectivity index (χ4v) is 8.03. The summed E-state index contributed by atoms with van der Waals surface area (Å²) in [5.74, 6) is 0.657. The van der Waals surface area contributed by atoms with Gasteiger partial charge in [-0.25, -0.2) is 4.39 Å². The molecule has 4 aliphatic rings. The first-order valence-corrected chi connectivity index (χ1v) is 15.1. The van der Waals surface area contributed by atoms with Gasteiger partial charge in [-0.2, -0.15) is 13.2 Å². The molecule has 1 N–H and O–H groups in total. The SMILES string of the molecule is CC1C(C)C12CNCCN2Cc1cc2c(c(C(F)(F)F)c1)CN(c1cccc(C3(C(F)c4nncn4C)CCC3)c1)C2=O. The molecule has 7 nitrogen and oxygen atoms in total. The van der Waals surface area contributed by atoms with Gasteiger partial charge < -0.3 is 14.8 Å². The van der Waals surface area contributed by atoms with Crippen LogP contribution in [0, 0.1) is 11.8 Å². The zero-order valence-electron chi connectivity index (χ0n) is 24.6. The van der Waals surface area contributed by atoms with Crippen molar-refractivity contribution in [3.05, 3.63) is 76.4 Å². The number of alkyl halides is 4. The molecule has 2 aliphatic heterocycles. The Kier molecular flexibility index (Phi) is 6.52. The molecule has 1 aromatic heterocycles. The molecule has 228 valence electrons. The molecule has 1 amide bonds. The number of rotatable bonds is 6. The molecular formula is C32H36F4N6O. The van der Waals surface area contributed by atoms with Gasteiger partial charge in [0.1, 0.15) is 6.33 Å². The standard InChI is InChI=1S/C32H36F4N6O/c1-19-20(2)31(19)17-37-10-11-41(31)15-21-12-24-25(26(13-21)32(34,35)36)16-42(29(24)43)23-7-4-6-22(14-23)30(8-5-9-30)27(33)28-39-38-18-40(28)3/h4,6-7,12-14,18-20,27,37H,5,8-11,15-17H2,1-3H3. The normalized spacial score (nSPS) is 27.3. The van der Waals surface area contributed by atoms with E-state index in [1.807, 2.05) is 6.07 Å². The summed E-state index contributed by atoms with van der Waals surface area (Å²) in [5.41, 5.74) is 0.119. The Morgan fingerprint density at radius 2 is 1.91 bits per heavy atom. The number of halogens is 4. The number of fused-ring (bicyclic) bond motifs is 1. The summed E-state index contributed by atoms with van der Waals surface area (Å²) in [4.78, 5) is 17.5. The van der Waals surface area contributed by atoms with E-state index in [1.165, 1.54) is 17.3 Å². The number of nitrogens with zero attached hydrogens (tertiary/aromatic N) is 5. The first-order chi connectivity index (χ1) is 20.5. The summed E-state index contributed by atoms with van der Waals surface area (Å²) in [6, 6.07) is 9.95. The number of hydrogen-bond acceptors (Lipinski definition) is 5. The van der Waals surface area contributed by atoms with Crippen LogP contribution in [-0.4, -0.2) is 50.7 Å². The molecule has 2 aliphatic carbocycles. The van der Waals surface area contributed by atoms with Crippen molar-refractivity contribution in [3.63, 3.8) is 0 Å². The molecule has 0 bridgehead atoms. The van der Waals surface area contributed by atoms with E-state index in [4.69, 9.17) is 0 Å². The first kappa shape index (κ1) is 28.5. The van der Waals surface area contributed by atoms with Gasteiger partial charge in [0, 0.05) is 55.4 Å². The number of amides is 1. The minimum atomic E-state index is -4.60. The minimum Gasteiger partial charge on any atom is -0.318 e. The number of nitrogens with one attached hydrogen (secondary N) is 1. The van der Waals surface area contributed by atoms with Crippen LogP contribution in [0.25, 0.3) is 0 Å². The number of hydrogen-bond donors (Lipinski definition) is 1. The lowest BCUT2D eigenvalue weighted by Gasteiger charge is -2.44. The Hall–Kier alpha value is -3.31. The van der Waals surface area contributed by atoms with Gasteiger partial charge in [-0.15, -0.1) is 10.2 Å². The Morgan fingerprint density at radius 1 is 1.14 bits per heavy atom. The number of carbonyl (C=O) groups excluding carboxylic acids is 1. The van der Waals surface area contributed by atoms with E-state index >= 15 is 4.39 Å². The number of aryl methyl sites for hydroxylation is 1. The van der Waals surface area contributed by atoms with Crippen LogP contribution in [0.15, 0.2) is 42.7 Å². The van der Waals surface area contributed by atoms with Gasteiger partial charge >= 0.3 is 6.18 Å². The molecule has 2 aromatic carbocycles. The van der Waals surface area contributed by atoms with Crippen LogP contribution in [0.2, 0.25) is 0 Å². The highest BCUT2D eigenvalue weighted by Gasteiger charge is 2.63. The van der Waals surface area contributed by atoms with Crippen molar-refractivity contribution in [1.29, 1.82) is 0 Å². The Morgan fingerprint density at radius 3 is 2.53 bits per heavy atom. The molecule has 7 rings (SSSR count). The first-order valence-electron chi connectivity index (χ1n) is 15.1. The number of aromatic nitrogens is 3. The van der Waals surface area contributed by atoms with E-state index in [0.29, 0.717) is 48.0 Å². The van der Waals surface area contributed by atoms with Gasteiger partial charge in [0.15, 0.2) is 12.0 Å². The van der Waals surface area contributed by atoms with Gasteiger partial charge in [-0.05, 0) is 65.6 Å². The highest BCUT2D eigenvalue weighted by molar-refractivity contribution is 6.10. The molecule has 1 spiro atoms. The zero-order valence-corrected chi connectivity index (χ0v) is 24.6. The van der Waals surface area contributed by atoms with Crippen molar-refractivity contribution in [2.45, 2.75) is 69.5 Å². The average molecular weight is 597 g/mol. The number of piperazine rings is 1. The maximum absolute atomic E-state index is 16.0. The Bertz CT molecular complexity index is 1570. The highest BCUT2D eigenvalue weighted by atomic mass is 19.4. The van der Waals surface area contributed by atoms with Gasteiger partial charge in [0.05, 0.1) is 12.1 Å². The lowest BCUT2D eigenvalue weighted by Crippen LogP contribution is -2.54. The van der Waals surface area contributed by atoms with Crippen LogP contribution in [0.1, 0.15) is 77.7 Å². The van der Waals surface area contributed by atoms with Crippen molar-refractivity contribution in [1.82, 2.24) is 25.0 Å². The fraction of sp³-hybridized carbons (Fsp3) is 0.531. The van der Waals surface area contributed by atoms with Crippen LogP contribution in [-0.2, 0) is 31.7 Å². The van der Waals surface area contributed by atoms with E-state index in [0.717, 1.165) is 26.1 Å². The minimum absolute atomic E-state index is 0.00403. The third-order valence-electron chi connectivity index (χ3n) is 11.0. The second kappa shape index (κ2) is 9.85. The molecule has 2 saturated carbocycles. The van der Waals surface area contributed by atoms with Gasteiger partial charge in [-0.1, -0.05) is 32.4 Å². The summed E-state index contributed by atoms with van der Waals surface area (Å²) in [5, 5.41) is 11.3. The highest BCUT2D eigenvalue weighted by Crippen LogP contribution is 2.56. The van der Waals surface area contributed by atoms with Crippen molar-refractivity contribution in [2.75, 3.05) is 24.5 Å². The van der Waals surface area contributed by atoms with Crippen molar-refractivity contribution in [2.24, 2.45) is 18.9 Å². The molecule has 3 heterocycles. The largest absolute Gasteiger partial charge is 0.416 e. The molecule has 3 fully saturated rings. The van der Waals surface area contributed by atoms with Crippen molar-refractivity contribution < 1.29 is 22.4 Å².